The molecule has 0 atom stereocenters. The first-order chi connectivity index (χ1) is 17.1. The molecule has 0 unspecified atom stereocenters. The van der Waals surface area contributed by atoms with Gasteiger partial charge in [-0.05, 0) is 36.1 Å². The fourth-order valence-corrected chi connectivity index (χ4v) is 4.94. The molecule has 8 nitrogen and oxygen atoms in total. The minimum Gasteiger partial charge on any atom is -0.508 e. The molecule has 1 saturated heterocycles. The summed E-state index contributed by atoms with van der Waals surface area (Å²) in [6, 6.07) is 17.7. The van der Waals surface area contributed by atoms with E-state index in [1.54, 1.807) is 17.0 Å². The fourth-order valence-electron chi connectivity index (χ4n) is 4.94. The number of rotatable bonds is 7. The number of aryl methyl sites for hydroxylation is 2. The molecule has 0 saturated carbocycles. The lowest BCUT2D eigenvalue weighted by Gasteiger charge is -2.29. The fraction of sp³-hybridized carbons (Fsp3) is 0.370. The average molecular weight is 474 g/mol. The van der Waals surface area contributed by atoms with E-state index in [9.17, 15) is 14.7 Å². The van der Waals surface area contributed by atoms with Crippen molar-refractivity contribution < 1.29 is 14.7 Å². The number of amides is 2. The Labute approximate surface area is 205 Å². The van der Waals surface area contributed by atoms with Crippen molar-refractivity contribution in [2.75, 3.05) is 26.2 Å². The summed E-state index contributed by atoms with van der Waals surface area (Å²) in [5, 5.41) is 17.2. The summed E-state index contributed by atoms with van der Waals surface area (Å²) in [6.45, 7) is 4.04. The lowest BCUT2D eigenvalue weighted by Crippen LogP contribution is -2.50. The van der Waals surface area contributed by atoms with Gasteiger partial charge in [-0.15, -0.1) is 0 Å². The van der Waals surface area contributed by atoms with Crippen molar-refractivity contribution >= 4 is 11.8 Å². The molecule has 35 heavy (non-hydrogen) atoms. The van der Waals surface area contributed by atoms with E-state index in [2.05, 4.69) is 34.5 Å². The van der Waals surface area contributed by atoms with Crippen LogP contribution in [0.1, 0.15) is 39.3 Å². The number of piperazine rings is 1. The molecule has 182 valence electrons. The number of aromatic hydroxyl groups is 1. The van der Waals surface area contributed by atoms with E-state index in [1.165, 1.54) is 5.56 Å². The SMILES string of the molecule is O=C1CN(C(=O)c2nn(CCCc3ccccc3)c3c2CN(Cc2ccc(O)cc2)CC3)CCN1. The van der Waals surface area contributed by atoms with Gasteiger partial charge in [0, 0.05) is 56.9 Å². The molecule has 2 aromatic carbocycles. The minimum atomic E-state index is -0.163. The molecule has 2 aliphatic heterocycles. The van der Waals surface area contributed by atoms with Gasteiger partial charge in [-0.1, -0.05) is 42.5 Å². The predicted octanol–water partition coefficient (Wildman–Crippen LogP) is 2.35. The number of aromatic nitrogens is 2. The molecule has 0 radical (unpaired) electrons. The molecule has 3 heterocycles. The van der Waals surface area contributed by atoms with Gasteiger partial charge in [0.25, 0.3) is 5.91 Å². The number of nitrogens with one attached hydrogen (secondary N) is 1. The standard InChI is InChI=1S/C27H31N5O3/c33-22-10-8-21(9-11-22)17-30-15-12-24-23(18-30)26(27(35)31-16-13-28-25(34)19-31)29-32(24)14-4-7-20-5-2-1-3-6-20/h1-3,5-6,8-11,33H,4,7,12-19H2,(H,28,34). The number of phenolic OH excluding ortho intramolecular Hbond substituents is 1. The zero-order valence-electron chi connectivity index (χ0n) is 19.8. The smallest absolute Gasteiger partial charge is 0.275 e. The van der Waals surface area contributed by atoms with Crippen LogP contribution in [0.25, 0.3) is 0 Å². The molecule has 2 N–H and O–H groups in total. The van der Waals surface area contributed by atoms with Crippen molar-refractivity contribution in [3.05, 3.63) is 82.7 Å². The normalized spacial score (nSPS) is 16.1. The Hall–Kier alpha value is -3.65. The van der Waals surface area contributed by atoms with Crippen LogP contribution < -0.4 is 5.32 Å². The van der Waals surface area contributed by atoms with Gasteiger partial charge in [0.2, 0.25) is 5.91 Å². The first-order valence-electron chi connectivity index (χ1n) is 12.3. The Kier molecular flexibility index (Phi) is 6.81. The van der Waals surface area contributed by atoms with Crippen LogP contribution in [0.15, 0.2) is 54.6 Å². The quantitative estimate of drug-likeness (QED) is 0.550. The number of fused-ring (bicyclic) bond motifs is 1. The molecule has 2 amide bonds. The number of nitrogens with zero attached hydrogens (tertiary/aromatic N) is 4. The number of phenols is 1. The van der Waals surface area contributed by atoms with Gasteiger partial charge >= 0.3 is 0 Å². The summed E-state index contributed by atoms with van der Waals surface area (Å²) < 4.78 is 2.02. The van der Waals surface area contributed by atoms with Gasteiger partial charge < -0.3 is 15.3 Å². The summed E-state index contributed by atoms with van der Waals surface area (Å²) in [4.78, 5) is 29.3. The Balaban J connectivity index is 1.36. The minimum absolute atomic E-state index is 0.0751. The molecule has 5 rings (SSSR count). The third-order valence-corrected chi connectivity index (χ3v) is 6.76. The Morgan fingerprint density at radius 2 is 1.80 bits per heavy atom. The monoisotopic (exact) mass is 473 g/mol. The second-order valence-electron chi connectivity index (χ2n) is 9.29. The molecular formula is C27H31N5O3. The highest BCUT2D eigenvalue weighted by Crippen LogP contribution is 2.26. The van der Waals surface area contributed by atoms with E-state index < -0.39 is 0 Å². The van der Waals surface area contributed by atoms with E-state index in [0.29, 0.717) is 25.3 Å². The van der Waals surface area contributed by atoms with Gasteiger partial charge in [-0.25, -0.2) is 0 Å². The van der Waals surface area contributed by atoms with Gasteiger partial charge in [-0.2, -0.15) is 5.10 Å². The predicted molar refractivity (Wildman–Crippen MR) is 132 cm³/mol. The number of benzene rings is 2. The van der Waals surface area contributed by atoms with Crippen molar-refractivity contribution in [3.8, 4) is 5.75 Å². The summed E-state index contributed by atoms with van der Waals surface area (Å²) >= 11 is 0. The van der Waals surface area contributed by atoms with Gasteiger partial charge in [0.1, 0.15) is 5.75 Å². The van der Waals surface area contributed by atoms with Crippen molar-refractivity contribution in [2.24, 2.45) is 0 Å². The van der Waals surface area contributed by atoms with Crippen molar-refractivity contribution in [3.63, 3.8) is 0 Å². The third kappa shape index (κ3) is 5.38. The second kappa shape index (κ2) is 10.3. The summed E-state index contributed by atoms with van der Waals surface area (Å²) in [7, 11) is 0. The maximum atomic E-state index is 13.5. The van der Waals surface area contributed by atoms with Crippen molar-refractivity contribution in [1.29, 1.82) is 0 Å². The van der Waals surface area contributed by atoms with E-state index >= 15 is 0 Å². The topological polar surface area (TPSA) is 90.7 Å². The largest absolute Gasteiger partial charge is 0.508 e. The number of carbonyl (C=O) groups is 2. The molecule has 0 aliphatic carbocycles. The van der Waals surface area contributed by atoms with Crippen LogP contribution in [0, 0.1) is 0 Å². The van der Waals surface area contributed by atoms with Crippen LogP contribution >= 0.6 is 0 Å². The lowest BCUT2D eigenvalue weighted by atomic mass is 10.0. The first kappa shape index (κ1) is 23.1. The molecule has 1 fully saturated rings. The van der Waals surface area contributed by atoms with E-state index in [-0.39, 0.29) is 24.1 Å². The number of hydrogen-bond acceptors (Lipinski definition) is 5. The second-order valence-corrected chi connectivity index (χ2v) is 9.29. The van der Waals surface area contributed by atoms with Crippen LogP contribution in [0.5, 0.6) is 5.75 Å². The van der Waals surface area contributed by atoms with Crippen LogP contribution in [0.2, 0.25) is 0 Å². The summed E-state index contributed by atoms with van der Waals surface area (Å²) in [5.41, 5.74) is 4.99. The van der Waals surface area contributed by atoms with Crippen LogP contribution in [-0.4, -0.2) is 62.7 Å². The van der Waals surface area contributed by atoms with Crippen molar-refractivity contribution in [2.45, 2.75) is 38.9 Å². The molecule has 1 aromatic heterocycles. The zero-order valence-corrected chi connectivity index (χ0v) is 19.8. The molecule has 2 aliphatic rings. The zero-order chi connectivity index (χ0) is 24.2. The first-order valence-corrected chi connectivity index (χ1v) is 12.3. The van der Waals surface area contributed by atoms with E-state index in [0.717, 1.165) is 55.7 Å². The van der Waals surface area contributed by atoms with Gasteiger partial charge in [-0.3, -0.25) is 19.2 Å². The molecule has 8 heteroatoms. The Bertz CT molecular complexity index is 1190. The Morgan fingerprint density at radius 3 is 2.57 bits per heavy atom. The lowest BCUT2D eigenvalue weighted by molar-refractivity contribution is -0.123. The highest BCUT2D eigenvalue weighted by molar-refractivity contribution is 5.97. The summed E-state index contributed by atoms with van der Waals surface area (Å²) in [5.74, 6) is -0.0379. The van der Waals surface area contributed by atoms with E-state index in [4.69, 9.17) is 5.10 Å². The molecular weight excluding hydrogens is 442 g/mol. The summed E-state index contributed by atoms with van der Waals surface area (Å²) in [6.07, 6.45) is 2.71. The number of carbonyl (C=O) groups excluding carboxylic acids is 2. The number of hydrogen-bond donors (Lipinski definition) is 2. The van der Waals surface area contributed by atoms with Crippen LogP contribution in [-0.2, 0) is 37.3 Å². The van der Waals surface area contributed by atoms with Crippen LogP contribution in [0.4, 0.5) is 0 Å². The Morgan fingerprint density at radius 1 is 1.00 bits per heavy atom. The average Bonchev–Trinajstić information content (AvgIpc) is 3.23. The highest BCUT2D eigenvalue weighted by Gasteiger charge is 2.32. The molecule has 0 bridgehead atoms. The maximum Gasteiger partial charge on any atom is 0.275 e. The maximum absolute atomic E-state index is 13.5. The van der Waals surface area contributed by atoms with Crippen LogP contribution in [0.3, 0.4) is 0 Å². The van der Waals surface area contributed by atoms with Crippen molar-refractivity contribution in [1.82, 2.24) is 24.9 Å². The van der Waals surface area contributed by atoms with E-state index in [1.807, 2.05) is 22.9 Å². The molecule has 3 aromatic rings. The van der Waals surface area contributed by atoms with Gasteiger partial charge in [0.05, 0.1) is 6.54 Å². The third-order valence-electron chi connectivity index (χ3n) is 6.76. The van der Waals surface area contributed by atoms with Gasteiger partial charge in [0.15, 0.2) is 5.69 Å². The highest BCUT2D eigenvalue weighted by atomic mass is 16.3. The molecule has 0 spiro atoms.